The Hall–Kier alpha value is -1.84. The van der Waals surface area contributed by atoms with Crippen LogP contribution in [0.2, 0.25) is 0 Å². The quantitative estimate of drug-likeness (QED) is 0.896. The van der Waals surface area contributed by atoms with E-state index in [1.165, 1.54) is 30.4 Å². The molecule has 2 aromatic rings. The van der Waals surface area contributed by atoms with Gasteiger partial charge in [0.25, 0.3) is 0 Å². The highest BCUT2D eigenvalue weighted by Gasteiger charge is 2.20. The predicted molar refractivity (Wildman–Crippen MR) is 94.9 cm³/mol. The van der Waals surface area contributed by atoms with Crippen molar-refractivity contribution in [2.45, 2.75) is 32.2 Å². The zero-order valence-corrected chi connectivity index (χ0v) is 13.9. The number of benzene rings is 2. The van der Waals surface area contributed by atoms with E-state index >= 15 is 0 Å². The van der Waals surface area contributed by atoms with E-state index in [2.05, 4.69) is 36.1 Å². The minimum atomic E-state index is 0.323. The van der Waals surface area contributed by atoms with Crippen LogP contribution in [0.15, 0.2) is 48.5 Å². The number of aryl methyl sites for hydroxylation is 1. The molecule has 0 bridgehead atoms. The SMILES string of the molecule is Cc1ccc(Oc2ccc(C(CN)N3CCCCC3)cc2)cc1. The summed E-state index contributed by atoms with van der Waals surface area (Å²) in [6.45, 7) is 5.05. The Kier molecular flexibility index (Phi) is 5.31. The Labute approximate surface area is 139 Å². The van der Waals surface area contributed by atoms with Crippen LogP contribution >= 0.6 is 0 Å². The number of ether oxygens (including phenoxy) is 1. The number of nitrogens with zero attached hydrogens (tertiary/aromatic N) is 1. The van der Waals surface area contributed by atoms with Gasteiger partial charge in [0.05, 0.1) is 0 Å². The van der Waals surface area contributed by atoms with Gasteiger partial charge in [-0.25, -0.2) is 0 Å². The Bertz CT molecular complexity index is 601. The molecule has 0 spiro atoms. The van der Waals surface area contributed by atoms with Gasteiger partial charge in [-0.2, -0.15) is 0 Å². The first-order valence-corrected chi connectivity index (χ1v) is 8.55. The molecule has 2 aromatic carbocycles. The van der Waals surface area contributed by atoms with Crippen LogP contribution in [0.5, 0.6) is 11.5 Å². The number of rotatable bonds is 5. The summed E-state index contributed by atoms with van der Waals surface area (Å²) in [6.07, 6.45) is 3.91. The number of hydrogen-bond donors (Lipinski definition) is 1. The van der Waals surface area contributed by atoms with E-state index in [1.807, 2.05) is 24.3 Å². The fourth-order valence-corrected chi connectivity index (χ4v) is 3.23. The van der Waals surface area contributed by atoms with Gasteiger partial charge in [0.2, 0.25) is 0 Å². The summed E-state index contributed by atoms with van der Waals surface area (Å²) >= 11 is 0. The van der Waals surface area contributed by atoms with Gasteiger partial charge in [-0.1, -0.05) is 36.2 Å². The van der Waals surface area contributed by atoms with E-state index in [9.17, 15) is 0 Å². The Morgan fingerprint density at radius 1 is 0.913 bits per heavy atom. The molecule has 1 aliphatic rings. The minimum Gasteiger partial charge on any atom is -0.457 e. The van der Waals surface area contributed by atoms with Crippen molar-refractivity contribution in [1.82, 2.24) is 4.90 Å². The molecule has 3 nitrogen and oxygen atoms in total. The van der Waals surface area contributed by atoms with Crippen LogP contribution in [0.3, 0.4) is 0 Å². The Morgan fingerprint density at radius 3 is 2.04 bits per heavy atom. The van der Waals surface area contributed by atoms with Crippen LogP contribution in [0.25, 0.3) is 0 Å². The van der Waals surface area contributed by atoms with Gasteiger partial charge >= 0.3 is 0 Å². The lowest BCUT2D eigenvalue weighted by atomic mass is 10.0. The van der Waals surface area contributed by atoms with E-state index in [1.54, 1.807) is 0 Å². The average molecular weight is 310 g/mol. The lowest BCUT2D eigenvalue weighted by Crippen LogP contribution is -2.37. The zero-order chi connectivity index (χ0) is 16.1. The van der Waals surface area contributed by atoms with E-state index in [-0.39, 0.29) is 0 Å². The van der Waals surface area contributed by atoms with Crippen LogP contribution in [0, 0.1) is 6.92 Å². The maximum Gasteiger partial charge on any atom is 0.127 e. The molecule has 0 amide bonds. The highest BCUT2D eigenvalue weighted by atomic mass is 16.5. The molecule has 1 heterocycles. The van der Waals surface area contributed by atoms with Crippen molar-refractivity contribution in [3.63, 3.8) is 0 Å². The summed E-state index contributed by atoms with van der Waals surface area (Å²) in [4.78, 5) is 2.51. The standard InChI is InChI=1S/C20H26N2O/c1-16-5-9-18(10-6-16)23-19-11-7-17(8-12-19)20(15-21)22-13-3-2-4-14-22/h5-12,20H,2-4,13-15,21H2,1H3. The molecule has 1 saturated heterocycles. The van der Waals surface area contributed by atoms with Gasteiger partial charge in [-0.05, 0) is 62.7 Å². The molecule has 1 fully saturated rings. The lowest BCUT2D eigenvalue weighted by Gasteiger charge is -2.34. The van der Waals surface area contributed by atoms with Crippen molar-refractivity contribution < 1.29 is 4.74 Å². The average Bonchev–Trinajstić information content (AvgIpc) is 2.60. The monoisotopic (exact) mass is 310 g/mol. The first-order chi connectivity index (χ1) is 11.3. The van der Waals surface area contributed by atoms with Crippen LogP contribution in [-0.2, 0) is 0 Å². The third-order valence-electron chi connectivity index (χ3n) is 4.58. The molecular weight excluding hydrogens is 284 g/mol. The summed E-state index contributed by atoms with van der Waals surface area (Å²) in [7, 11) is 0. The summed E-state index contributed by atoms with van der Waals surface area (Å²) < 4.78 is 5.90. The topological polar surface area (TPSA) is 38.5 Å². The predicted octanol–water partition coefficient (Wildman–Crippen LogP) is 4.27. The smallest absolute Gasteiger partial charge is 0.127 e. The van der Waals surface area contributed by atoms with Crippen molar-refractivity contribution in [2.24, 2.45) is 5.73 Å². The summed E-state index contributed by atoms with van der Waals surface area (Å²) in [5, 5.41) is 0. The van der Waals surface area contributed by atoms with Crippen LogP contribution < -0.4 is 10.5 Å². The molecule has 3 heteroatoms. The van der Waals surface area contributed by atoms with Gasteiger partial charge in [-0.15, -0.1) is 0 Å². The summed E-state index contributed by atoms with van der Waals surface area (Å²) in [5.74, 6) is 1.74. The third-order valence-corrected chi connectivity index (χ3v) is 4.58. The molecule has 2 N–H and O–H groups in total. The number of piperidine rings is 1. The number of nitrogens with two attached hydrogens (primary N) is 1. The van der Waals surface area contributed by atoms with E-state index < -0.39 is 0 Å². The van der Waals surface area contributed by atoms with Crippen molar-refractivity contribution in [3.05, 3.63) is 59.7 Å². The fraction of sp³-hybridized carbons (Fsp3) is 0.400. The second-order valence-corrected chi connectivity index (χ2v) is 6.33. The molecule has 0 aromatic heterocycles. The highest BCUT2D eigenvalue weighted by molar-refractivity contribution is 5.35. The molecule has 1 aliphatic heterocycles. The fourth-order valence-electron chi connectivity index (χ4n) is 3.23. The number of hydrogen-bond acceptors (Lipinski definition) is 3. The maximum absolute atomic E-state index is 6.04. The third kappa shape index (κ3) is 4.12. The van der Waals surface area contributed by atoms with Gasteiger partial charge in [0.1, 0.15) is 11.5 Å². The summed E-state index contributed by atoms with van der Waals surface area (Å²) in [5.41, 5.74) is 8.56. The maximum atomic E-state index is 6.04. The van der Waals surface area contributed by atoms with Crippen molar-refractivity contribution in [1.29, 1.82) is 0 Å². The second kappa shape index (κ2) is 7.62. The zero-order valence-electron chi connectivity index (χ0n) is 13.9. The number of likely N-dealkylation sites (tertiary alicyclic amines) is 1. The molecule has 122 valence electrons. The lowest BCUT2D eigenvalue weighted by molar-refractivity contribution is 0.167. The van der Waals surface area contributed by atoms with Gasteiger partial charge in [0, 0.05) is 12.6 Å². The molecule has 0 aliphatic carbocycles. The second-order valence-electron chi connectivity index (χ2n) is 6.33. The minimum absolute atomic E-state index is 0.323. The highest BCUT2D eigenvalue weighted by Crippen LogP contribution is 2.27. The molecule has 0 saturated carbocycles. The molecule has 1 unspecified atom stereocenters. The Balaban J connectivity index is 1.68. The van der Waals surface area contributed by atoms with Crippen molar-refractivity contribution in [2.75, 3.05) is 19.6 Å². The summed E-state index contributed by atoms with van der Waals surface area (Å²) in [6, 6.07) is 16.8. The van der Waals surface area contributed by atoms with Crippen molar-refractivity contribution >= 4 is 0 Å². The van der Waals surface area contributed by atoms with Crippen molar-refractivity contribution in [3.8, 4) is 11.5 Å². The van der Waals surface area contributed by atoms with Gasteiger partial charge < -0.3 is 10.5 Å². The van der Waals surface area contributed by atoms with Crippen LogP contribution in [0.1, 0.15) is 36.4 Å². The first kappa shape index (κ1) is 16.0. The molecule has 0 radical (unpaired) electrons. The van der Waals surface area contributed by atoms with Gasteiger partial charge in [0.15, 0.2) is 0 Å². The Morgan fingerprint density at radius 2 is 1.48 bits per heavy atom. The molecular formula is C20H26N2O. The van der Waals surface area contributed by atoms with E-state index in [0.29, 0.717) is 12.6 Å². The molecule has 3 rings (SSSR count). The van der Waals surface area contributed by atoms with E-state index in [4.69, 9.17) is 10.5 Å². The normalized spacial score (nSPS) is 17.0. The van der Waals surface area contributed by atoms with Gasteiger partial charge in [-0.3, -0.25) is 4.90 Å². The van der Waals surface area contributed by atoms with Crippen LogP contribution in [-0.4, -0.2) is 24.5 Å². The van der Waals surface area contributed by atoms with E-state index in [0.717, 1.165) is 24.6 Å². The molecule has 23 heavy (non-hydrogen) atoms. The first-order valence-electron chi connectivity index (χ1n) is 8.55. The van der Waals surface area contributed by atoms with Crippen LogP contribution in [0.4, 0.5) is 0 Å². The largest absolute Gasteiger partial charge is 0.457 e. The molecule has 1 atom stereocenters.